The van der Waals surface area contributed by atoms with E-state index in [1.54, 1.807) is 23.1 Å². The highest BCUT2D eigenvalue weighted by atomic mass is 35.5. The number of hydrogen-bond acceptors (Lipinski definition) is 3. The number of anilines is 1. The first-order valence-electron chi connectivity index (χ1n) is 11.2. The van der Waals surface area contributed by atoms with Crippen LogP contribution in [0.4, 0.5) is 5.69 Å². The number of nitrogens with two attached hydrogens (primary N) is 1. The summed E-state index contributed by atoms with van der Waals surface area (Å²) in [6.07, 6.45) is 1.44. The van der Waals surface area contributed by atoms with Crippen molar-refractivity contribution in [3.63, 3.8) is 0 Å². The van der Waals surface area contributed by atoms with E-state index in [0.29, 0.717) is 30.0 Å². The number of nitrogens with one attached hydrogen (secondary N) is 1. The van der Waals surface area contributed by atoms with E-state index in [0.717, 1.165) is 23.2 Å². The zero-order chi connectivity index (χ0) is 23.4. The number of carbonyl (C=O) groups is 2. The van der Waals surface area contributed by atoms with E-state index in [-0.39, 0.29) is 17.7 Å². The minimum atomic E-state index is -0.614. The second-order valence-electron chi connectivity index (χ2n) is 8.55. The largest absolute Gasteiger partial charge is 0.336 e. The fourth-order valence-corrected chi connectivity index (χ4v) is 4.34. The van der Waals surface area contributed by atoms with Crippen LogP contribution in [0.25, 0.3) is 0 Å². The summed E-state index contributed by atoms with van der Waals surface area (Å²) in [6.45, 7) is 2.73. The Kier molecular flexibility index (Phi) is 7.11. The number of carbonyl (C=O) groups excluding carboxylic acids is 2. The van der Waals surface area contributed by atoms with Crippen molar-refractivity contribution >= 4 is 29.1 Å². The van der Waals surface area contributed by atoms with Crippen molar-refractivity contribution < 1.29 is 9.59 Å². The number of benzene rings is 3. The molecule has 33 heavy (non-hydrogen) atoms. The normalized spacial score (nSPS) is 15.4. The van der Waals surface area contributed by atoms with Crippen molar-refractivity contribution in [1.29, 1.82) is 0 Å². The minimum Gasteiger partial charge on any atom is -0.336 e. The number of nitrogens with zero attached hydrogens (tertiary/aromatic N) is 1. The Morgan fingerprint density at radius 2 is 1.82 bits per heavy atom. The van der Waals surface area contributed by atoms with Crippen LogP contribution in [-0.4, -0.2) is 24.5 Å². The lowest BCUT2D eigenvalue weighted by molar-refractivity contribution is -0.117. The molecule has 3 aromatic rings. The van der Waals surface area contributed by atoms with E-state index < -0.39 is 6.17 Å². The molecule has 4 rings (SSSR count). The number of hydrogen-bond donors (Lipinski definition) is 2. The van der Waals surface area contributed by atoms with Crippen molar-refractivity contribution in [3.05, 3.63) is 100 Å². The molecule has 3 N–H and O–H groups in total. The lowest BCUT2D eigenvalue weighted by atomic mass is 9.89. The van der Waals surface area contributed by atoms with E-state index in [1.165, 1.54) is 5.56 Å². The molecule has 0 bridgehead atoms. The second-order valence-corrected chi connectivity index (χ2v) is 8.98. The zero-order valence-electron chi connectivity index (χ0n) is 18.6. The fraction of sp³-hybridized carbons (Fsp3) is 0.259. The predicted octanol–water partition coefficient (Wildman–Crippen LogP) is 4.82. The van der Waals surface area contributed by atoms with Crippen LogP contribution in [0.15, 0.2) is 72.8 Å². The molecule has 1 unspecified atom stereocenters. The molecule has 3 aromatic carbocycles. The summed E-state index contributed by atoms with van der Waals surface area (Å²) in [5, 5.41) is 3.62. The van der Waals surface area contributed by atoms with Crippen LogP contribution in [0, 0.1) is 6.92 Å². The average Bonchev–Trinajstić information content (AvgIpc) is 3.25. The van der Waals surface area contributed by atoms with E-state index in [1.807, 2.05) is 30.3 Å². The van der Waals surface area contributed by atoms with Gasteiger partial charge in [-0.05, 0) is 61.2 Å². The van der Waals surface area contributed by atoms with Gasteiger partial charge in [-0.1, -0.05) is 59.6 Å². The monoisotopic (exact) mass is 461 g/mol. The van der Waals surface area contributed by atoms with E-state index in [9.17, 15) is 9.59 Å². The lowest BCUT2D eigenvalue weighted by Crippen LogP contribution is -2.46. The molecule has 1 fully saturated rings. The van der Waals surface area contributed by atoms with Gasteiger partial charge in [0.25, 0.3) is 5.91 Å². The third kappa shape index (κ3) is 5.62. The fourth-order valence-electron chi connectivity index (χ4n) is 4.21. The van der Waals surface area contributed by atoms with Crippen LogP contribution >= 0.6 is 11.6 Å². The molecule has 5 nitrogen and oxygen atoms in total. The van der Waals surface area contributed by atoms with Gasteiger partial charge in [-0.15, -0.1) is 0 Å². The lowest BCUT2D eigenvalue weighted by Gasteiger charge is -2.26. The summed E-state index contributed by atoms with van der Waals surface area (Å²) < 4.78 is 0. The molecule has 6 heteroatoms. The van der Waals surface area contributed by atoms with Gasteiger partial charge in [0, 0.05) is 35.2 Å². The molecule has 0 saturated carbocycles. The first kappa shape index (κ1) is 23.0. The first-order chi connectivity index (χ1) is 15.9. The third-order valence-corrected chi connectivity index (χ3v) is 6.35. The maximum Gasteiger partial charge on any atom is 0.252 e. The van der Waals surface area contributed by atoms with Crippen molar-refractivity contribution in [2.24, 2.45) is 5.73 Å². The Hall–Kier alpha value is -3.15. The van der Waals surface area contributed by atoms with Crippen LogP contribution in [0.3, 0.4) is 0 Å². The molecule has 0 aliphatic carbocycles. The van der Waals surface area contributed by atoms with Crippen LogP contribution in [0.5, 0.6) is 0 Å². The predicted molar refractivity (Wildman–Crippen MR) is 133 cm³/mol. The maximum absolute atomic E-state index is 13.1. The van der Waals surface area contributed by atoms with Crippen LogP contribution in [-0.2, 0) is 11.2 Å². The summed E-state index contributed by atoms with van der Waals surface area (Å²) in [6, 6.07) is 23.0. The molecule has 1 aliphatic heterocycles. The Balaban J connectivity index is 1.54. The summed E-state index contributed by atoms with van der Waals surface area (Å²) in [5.41, 5.74) is 11.1. The Labute approximate surface area is 199 Å². The highest BCUT2D eigenvalue weighted by molar-refractivity contribution is 6.30. The topological polar surface area (TPSA) is 75.4 Å². The van der Waals surface area contributed by atoms with Crippen molar-refractivity contribution in [3.8, 4) is 0 Å². The number of rotatable bonds is 7. The van der Waals surface area contributed by atoms with Gasteiger partial charge in [0.15, 0.2) is 0 Å². The van der Waals surface area contributed by atoms with Gasteiger partial charge in [0.1, 0.15) is 0 Å². The Morgan fingerprint density at radius 1 is 1.09 bits per heavy atom. The van der Waals surface area contributed by atoms with E-state index in [4.69, 9.17) is 17.3 Å². The summed E-state index contributed by atoms with van der Waals surface area (Å²) in [4.78, 5) is 26.9. The standard InChI is InChI=1S/C27H28ClN3O2/c1-18-7-9-19(10-8-18)16-24(20-11-13-22(28)14-12-20)26(29)30-27(33)21-4-2-5-23(17-21)31-15-3-6-25(31)32/h2,4-5,7-14,17,24,26H,3,6,15-16,29H2,1H3,(H,30,33)/t24-,26?/m1/s1. The molecule has 1 aliphatic rings. The zero-order valence-corrected chi connectivity index (χ0v) is 19.4. The van der Waals surface area contributed by atoms with Gasteiger partial charge in [-0.25, -0.2) is 0 Å². The van der Waals surface area contributed by atoms with Gasteiger partial charge < -0.3 is 16.0 Å². The van der Waals surface area contributed by atoms with Gasteiger partial charge in [-0.3, -0.25) is 9.59 Å². The molecule has 2 atom stereocenters. The Bertz CT molecular complexity index is 1130. The number of amides is 2. The second kappa shape index (κ2) is 10.2. The van der Waals surface area contributed by atoms with E-state index in [2.05, 4.69) is 36.5 Å². The summed E-state index contributed by atoms with van der Waals surface area (Å²) in [7, 11) is 0. The SMILES string of the molecule is Cc1ccc(C[C@H](c2ccc(Cl)cc2)C(N)NC(=O)c2cccc(N3CCCC3=O)c2)cc1. The number of halogens is 1. The highest BCUT2D eigenvalue weighted by Gasteiger charge is 2.25. The van der Waals surface area contributed by atoms with Gasteiger partial charge in [0.05, 0.1) is 6.17 Å². The third-order valence-electron chi connectivity index (χ3n) is 6.10. The minimum absolute atomic E-state index is 0.0881. The van der Waals surface area contributed by atoms with Gasteiger partial charge in [-0.2, -0.15) is 0 Å². The average molecular weight is 462 g/mol. The first-order valence-corrected chi connectivity index (χ1v) is 11.6. The quantitative estimate of drug-likeness (QED) is 0.495. The van der Waals surface area contributed by atoms with Crippen LogP contribution in [0.2, 0.25) is 5.02 Å². The summed E-state index contributed by atoms with van der Waals surface area (Å²) >= 11 is 6.09. The molecule has 2 amide bonds. The van der Waals surface area contributed by atoms with Gasteiger partial charge in [0.2, 0.25) is 5.91 Å². The van der Waals surface area contributed by atoms with Crippen molar-refractivity contribution in [1.82, 2.24) is 5.32 Å². The molecule has 0 radical (unpaired) electrons. The molecule has 1 saturated heterocycles. The Morgan fingerprint density at radius 3 is 2.48 bits per heavy atom. The molecule has 1 heterocycles. The van der Waals surface area contributed by atoms with Gasteiger partial charge >= 0.3 is 0 Å². The molecular weight excluding hydrogens is 434 g/mol. The van der Waals surface area contributed by atoms with Crippen LogP contribution < -0.4 is 16.0 Å². The smallest absolute Gasteiger partial charge is 0.252 e. The molecular formula is C27H28ClN3O2. The van der Waals surface area contributed by atoms with E-state index >= 15 is 0 Å². The van der Waals surface area contributed by atoms with Crippen molar-refractivity contribution in [2.75, 3.05) is 11.4 Å². The molecule has 0 aromatic heterocycles. The highest BCUT2D eigenvalue weighted by Crippen LogP contribution is 2.26. The number of aryl methyl sites for hydroxylation is 1. The molecule has 170 valence electrons. The summed E-state index contributed by atoms with van der Waals surface area (Å²) in [5.74, 6) is -0.318. The van der Waals surface area contributed by atoms with Crippen molar-refractivity contribution in [2.45, 2.75) is 38.3 Å². The molecule has 0 spiro atoms. The van der Waals surface area contributed by atoms with Crippen LogP contribution in [0.1, 0.15) is 45.8 Å². The maximum atomic E-state index is 13.1.